The van der Waals surface area contributed by atoms with Crippen LogP contribution in [0.1, 0.15) is 69.1 Å². The smallest absolute Gasteiger partial charge is 0.0208 e. The van der Waals surface area contributed by atoms with Crippen LogP contribution < -0.4 is 5.30 Å². The highest BCUT2D eigenvalue weighted by atomic mass is 31.1. The quantitative estimate of drug-likeness (QED) is 0.381. The van der Waals surface area contributed by atoms with Gasteiger partial charge in [-0.15, -0.1) is 0 Å². The number of hydrogen-bond donors (Lipinski definition) is 0. The van der Waals surface area contributed by atoms with Gasteiger partial charge in [-0.05, 0) is 67.9 Å². The number of aryl methyl sites for hydroxylation is 1. The van der Waals surface area contributed by atoms with Gasteiger partial charge in [0.25, 0.3) is 0 Å². The van der Waals surface area contributed by atoms with Gasteiger partial charge in [0.1, 0.15) is 0 Å². The zero-order valence-electron chi connectivity index (χ0n) is 14.3. The minimum Gasteiger partial charge on any atom is -0.0750 e. The van der Waals surface area contributed by atoms with Crippen LogP contribution in [0, 0.1) is 20.8 Å². The summed E-state index contributed by atoms with van der Waals surface area (Å²) in [6, 6.07) is 4.77. The van der Waals surface area contributed by atoms with Gasteiger partial charge in [-0.3, -0.25) is 0 Å². The Morgan fingerprint density at radius 2 is 1.40 bits per heavy atom. The summed E-state index contributed by atoms with van der Waals surface area (Å²) >= 11 is 0. The molecule has 0 saturated carbocycles. The molecule has 0 nitrogen and oxygen atoms in total. The van der Waals surface area contributed by atoms with Crippen molar-refractivity contribution in [1.29, 1.82) is 0 Å². The lowest BCUT2D eigenvalue weighted by molar-refractivity contribution is 0.704. The van der Waals surface area contributed by atoms with Gasteiger partial charge in [0.05, 0.1) is 0 Å². The van der Waals surface area contributed by atoms with Crippen molar-refractivity contribution in [2.45, 2.75) is 73.1 Å². The number of hydrogen-bond acceptors (Lipinski definition) is 0. The summed E-state index contributed by atoms with van der Waals surface area (Å²) in [5.41, 5.74) is 4.53. The first-order chi connectivity index (χ1) is 9.61. The molecule has 0 N–H and O–H groups in total. The van der Waals surface area contributed by atoms with E-state index in [0.717, 1.165) is 0 Å². The van der Waals surface area contributed by atoms with E-state index in [1.807, 2.05) is 0 Å². The molecule has 0 spiro atoms. The molecule has 0 aliphatic rings. The van der Waals surface area contributed by atoms with Gasteiger partial charge in [-0.1, -0.05) is 59.6 Å². The van der Waals surface area contributed by atoms with Crippen LogP contribution in [0.5, 0.6) is 0 Å². The normalized spacial score (nSPS) is 12.7. The van der Waals surface area contributed by atoms with Gasteiger partial charge >= 0.3 is 0 Å². The summed E-state index contributed by atoms with van der Waals surface area (Å²) in [4.78, 5) is 0. The molecule has 0 aliphatic heterocycles. The van der Waals surface area contributed by atoms with E-state index >= 15 is 0 Å². The Morgan fingerprint density at radius 3 is 2.05 bits per heavy atom. The second kappa shape index (κ2) is 9.56. The lowest BCUT2D eigenvalue weighted by Crippen LogP contribution is -2.12. The maximum Gasteiger partial charge on any atom is -0.0208 e. The van der Waals surface area contributed by atoms with Gasteiger partial charge in [0.15, 0.2) is 0 Å². The lowest BCUT2D eigenvalue weighted by Gasteiger charge is -2.22. The van der Waals surface area contributed by atoms with E-state index in [4.69, 9.17) is 0 Å². The average molecular weight is 292 g/mol. The Hall–Kier alpha value is -0.350. The van der Waals surface area contributed by atoms with E-state index in [0.29, 0.717) is 0 Å². The third-order valence-electron chi connectivity index (χ3n) is 4.43. The van der Waals surface area contributed by atoms with Crippen LogP contribution in [-0.2, 0) is 0 Å². The summed E-state index contributed by atoms with van der Waals surface area (Å²) in [7, 11) is 0.0723. The zero-order chi connectivity index (χ0) is 15.0. The number of rotatable bonds is 9. The Morgan fingerprint density at radius 1 is 0.750 bits per heavy atom. The first-order valence-corrected chi connectivity index (χ1v) is 10.1. The summed E-state index contributed by atoms with van der Waals surface area (Å²) in [5, 5.41) is 1.69. The molecule has 1 unspecified atom stereocenters. The van der Waals surface area contributed by atoms with Crippen LogP contribution in [0.4, 0.5) is 0 Å². The molecule has 0 amide bonds. The molecule has 0 bridgehead atoms. The number of benzene rings is 1. The molecule has 1 aromatic rings. The first-order valence-electron chi connectivity index (χ1n) is 8.43. The van der Waals surface area contributed by atoms with E-state index in [9.17, 15) is 0 Å². The van der Waals surface area contributed by atoms with Gasteiger partial charge in [0, 0.05) is 0 Å². The van der Waals surface area contributed by atoms with Crippen LogP contribution in [0.3, 0.4) is 0 Å². The summed E-state index contributed by atoms with van der Waals surface area (Å²) in [6.45, 7) is 11.5. The molecule has 0 aliphatic carbocycles. The fourth-order valence-electron chi connectivity index (χ4n) is 2.72. The van der Waals surface area contributed by atoms with Gasteiger partial charge in [-0.25, -0.2) is 0 Å². The fourth-order valence-corrected chi connectivity index (χ4v) is 5.65. The third kappa shape index (κ3) is 5.21. The molecule has 1 atom stereocenters. The molecule has 1 heteroatoms. The van der Waals surface area contributed by atoms with E-state index < -0.39 is 0 Å². The lowest BCUT2D eigenvalue weighted by atomic mass is 10.1. The maximum absolute atomic E-state index is 2.43. The standard InChI is InChI=1S/C19H33P/c1-6-8-10-11-15-20(14-9-7-2)19-13-12-16(3)17(4)18(19)5/h12-13H,6-11,14-15H2,1-5H3. The maximum atomic E-state index is 2.43. The second-order valence-electron chi connectivity index (χ2n) is 6.05. The van der Waals surface area contributed by atoms with Crippen molar-refractivity contribution < 1.29 is 0 Å². The molecule has 0 radical (unpaired) electrons. The SMILES string of the molecule is CCCCCCP(CCCC)c1ccc(C)c(C)c1C. The zero-order valence-corrected chi connectivity index (χ0v) is 15.2. The van der Waals surface area contributed by atoms with Crippen molar-refractivity contribution >= 4 is 13.2 Å². The molecule has 114 valence electrons. The van der Waals surface area contributed by atoms with Gasteiger partial charge in [-0.2, -0.15) is 0 Å². The Labute approximate surface area is 128 Å². The minimum atomic E-state index is 0.0723. The van der Waals surface area contributed by atoms with Crippen molar-refractivity contribution in [3.63, 3.8) is 0 Å². The predicted octanol–water partition coefficient (Wildman–Crippen LogP) is 6.10. The van der Waals surface area contributed by atoms with E-state index in [1.54, 1.807) is 10.9 Å². The van der Waals surface area contributed by atoms with E-state index in [2.05, 4.69) is 46.8 Å². The Bertz CT molecular complexity index is 395. The van der Waals surface area contributed by atoms with E-state index in [-0.39, 0.29) is 7.92 Å². The molecule has 0 aromatic heterocycles. The molecular formula is C19H33P. The van der Waals surface area contributed by atoms with Crippen molar-refractivity contribution in [2.75, 3.05) is 12.3 Å². The van der Waals surface area contributed by atoms with E-state index in [1.165, 1.54) is 62.0 Å². The number of unbranched alkanes of at least 4 members (excludes halogenated alkanes) is 4. The molecule has 20 heavy (non-hydrogen) atoms. The van der Waals surface area contributed by atoms with Gasteiger partial charge < -0.3 is 0 Å². The highest BCUT2D eigenvalue weighted by Crippen LogP contribution is 2.39. The molecule has 0 fully saturated rings. The van der Waals surface area contributed by atoms with Crippen LogP contribution >= 0.6 is 7.92 Å². The largest absolute Gasteiger partial charge is 0.0750 e. The first kappa shape index (κ1) is 17.7. The second-order valence-corrected chi connectivity index (χ2v) is 8.51. The monoisotopic (exact) mass is 292 g/mol. The highest BCUT2D eigenvalue weighted by Gasteiger charge is 2.14. The van der Waals surface area contributed by atoms with Crippen molar-refractivity contribution in [1.82, 2.24) is 0 Å². The topological polar surface area (TPSA) is 0 Å². The summed E-state index contributed by atoms with van der Waals surface area (Å²) in [6.07, 6.45) is 11.2. The van der Waals surface area contributed by atoms with Crippen molar-refractivity contribution in [2.24, 2.45) is 0 Å². The summed E-state index contributed by atoms with van der Waals surface area (Å²) in [5.74, 6) is 0. The minimum absolute atomic E-state index is 0.0723. The molecular weight excluding hydrogens is 259 g/mol. The van der Waals surface area contributed by atoms with Crippen molar-refractivity contribution in [3.8, 4) is 0 Å². The summed E-state index contributed by atoms with van der Waals surface area (Å²) < 4.78 is 0. The molecule has 1 rings (SSSR count). The predicted molar refractivity (Wildman–Crippen MR) is 96.0 cm³/mol. The molecule has 0 saturated heterocycles. The van der Waals surface area contributed by atoms with Crippen molar-refractivity contribution in [3.05, 3.63) is 28.8 Å². The van der Waals surface area contributed by atoms with Crippen LogP contribution in [-0.4, -0.2) is 12.3 Å². The third-order valence-corrected chi connectivity index (χ3v) is 7.31. The Kier molecular flexibility index (Phi) is 8.46. The van der Waals surface area contributed by atoms with Crippen LogP contribution in [0.2, 0.25) is 0 Å². The molecule has 0 heterocycles. The Balaban J connectivity index is 2.78. The fraction of sp³-hybridized carbons (Fsp3) is 0.684. The highest BCUT2D eigenvalue weighted by molar-refractivity contribution is 7.65. The molecule has 1 aromatic carbocycles. The van der Waals surface area contributed by atoms with Gasteiger partial charge in [0.2, 0.25) is 0 Å². The average Bonchev–Trinajstić information content (AvgIpc) is 2.45. The van der Waals surface area contributed by atoms with Crippen LogP contribution in [0.25, 0.3) is 0 Å². The van der Waals surface area contributed by atoms with Crippen LogP contribution in [0.15, 0.2) is 12.1 Å².